The number of hydrogen-bond donors (Lipinski definition) is 0. The molecule has 3 aliphatic heterocycles. The van der Waals surface area contributed by atoms with Gasteiger partial charge in [0.1, 0.15) is 5.58 Å². The summed E-state index contributed by atoms with van der Waals surface area (Å²) in [6, 6.07) is 47.0. The highest BCUT2D eigenvalue weighted by Gasteiger charge is 2.46. The molecule has 9 aromatic rings. The smallest absolute Gasteiger partial charge is 0.333 e. The number of nitrogens with zero attached hydrogens (tertiary/aromatic N) is 2. The Morgan fingerprint density at radius 2 is 1.33 bits per heavy atom. The maximum absolute atomic E-state index is 6.89. The van der Waals surface area contributed by atoms with Gasteiger partial charge in [0.05, 0.1) is 17.1 Å². The summed E-state index contributed by atoms with van der Waals surface area (Å²) in [5.74, 6) is 0. The van der Waals surface area contributed by atoms with Gasteiger partial charge in [-0.15, -0.1) is 0 Å². The minimum Gasteiger partial charge on any atom is -0.454 e. The number of anilines is 3. The zero-order valence-electron chi connectivity index (χ0n) is 23.9. The topological polar surface area (TPSA) is 21.3 Å². The van der Waals surface area contributed by atoms with Crippen LogP contribution in [0.3, 0.4) is 0 Å². The first-order chi connectivity index (χ1) is 22.3. The fourth-order valence-electron chi connectivity index (χ4n) is 8.62. The molecule has 0 aliphatic carbocycles. The van der Waals surface area contributed by atoms with Crippen molar-refractivity contribution < 1.29 is 4.42 Å². The molecule has 0 unspecified atom stereocenters. The zero-order valence-corrected chi connectivity index (χ0v) is 24.7. The number of aromatic nitrogens is 1. The number of benzene rings is 7. The normalized spacial score (nSPS) is 14.0. The largest absolute Gasteiger partial charge is 0.454 e. The summed E-state index contributed by atoms with van der Waals surface area (Å²) in [4.78, 5) is 5.06. The first-order valence-corrected chi connectivity index (χ1v) is 16.3. The zero-order chi connectivity index (χ0) is 29.0. The Balaban J connectivity index is 1.37. The summed E-state index contributed by atoms with van der Waals surface area (Å²) in [6.45, 7) is -0.00891. The third-order valence-corrected chi connectivity index (χ3v) is 11.4. The Bertz CT molecular complexity index is 2830. The molecule has 0 spiro atoms. The quantitative estimate of drug-likeness (QED) is 0.165. The van der Waals surface area contributed by atoms with Crippen molar-refractivity contribution in [3.8, 4) is 11.1 Å². The van der Waals surface area contributed by atoms with Crippen LogP contribution in [0.4, 0.5) is 17.1 Å². The third-order valence-electron chi connectivity index (χ3n) is 10.3. The van der Waals surface area contributed by atoms with Crippen molar-refractivity contribution in [2.45, 2.75) is 9.79 Å². The van der Waals surface area contributed by atoms with Crippen LogP contribution in [0.5, 0.6) is 0 Å². The van der Waals surface area contributed by atoms with Crippen molar-refractivity contribution in [3.05, 3.63) is 127 Å². The van der Waals surface area contributed by atoms with E-state index in [1.54, 1.807) is 0 Å². The molecule has 45 heavy (non-hydrogen) atoms. The second-order valence-electron chi connectivity index (χ2n) is 12.4. The van der Waals surface area contributed by atoms with E-state index in [-0.39, 0.29) is 6.85 Å². The van der Waals surface area contributed by atoms with E-state index in [1.807, 2.05) is 11.8 Å². The van der Waals surface area contributed by atoms with Crippen LogP contribution in [-0.2, 0) is 0 Å². The molecule has 5 heteroatoms. The minimum atomic E-state index is -0.00891. The van der Waals surface area contributed by atoms with Gasteiger partial charge in [-0.05, 0) is 52.2 Å². The average molecular weight is 589 g/mol. The van der Waals surface area contributed by atoms with Gasteiger partial charge in [0.15, 0.2) is 5.58 Å². The lowest BCUT2D eigenvalue weighted by Gasteiger charge is -2.43. The van der Waals surface area contributed by atoms with E-state index < -0.39 is 0 Å². The van der Waals surface area contributed by atoms with E-state index in [1.165, 1.54) is 86.9 Å². The highest BCUT2D eigenvalue weighted by Crippen LogP contribution is 2.56. The Labute approximate surface area is 262 Å². The van der Waals surface area contributed by atoms with Crippen LogP contribution in [-0.4, -0.2) is 11.3 Å². The molecule has 0 atom stereocenters. The molecule has 7 aromatic carbocycles. The molecule has 0 bridgehead atoms. The maximum atomic E-state index is 6.89. The standard InChI is InChI=1S/C40H21BN2OS/c1-2-10-23-22(9-1)19-20-27-25-12-7-13-26-28-21-29-24-11-3-5-16-32(24)44-40(29)39-35(28)41(43(36(23)27)37(25)26)30-14-8-18-34-38(30)42(39)31-15-4-6-17-33(31)45-34/h1-21H. The molecule has 2 aromatic heterocycles. The molecule has 206 valence electrons. The summed E-state index contributed by atoms with van der Waals surface area (Å²) in [5.41, 5.74) is 13.4. The van der Waals surface area contributed by atoms with Gasteiger partial charge in [-0.1, -0.05) is 109 Å². The predicted octanol–water partition coefficient (Wildman–Crippen LogP) is 9.73. The van der Waals surface area contributed by atoms with E-state index >= 15 is 0 Å². The van der Waals surface area contributed by atoms with Crippen LogP contribution in [0.25, 0.3) is 65.6 Å². The molecule has 0 fully saturated rings. The first kappa shape index (κ1) is 23.1. The monoisotopic (exact) mass is 588 g/mol. The fourth-order valence-corrected chi connectivity index (χ4v) is 9.72. The van der Waals surface area contributed by atoms with Gasteiger partial charge in [0.25, 0.3) is 0 Å². The fraction of sp³-hybridized carbons (Fsp3) is 0. The SMILES string of the molecule is c1ccc2c(c1)Sc1cccc3c1N2c1c2c(cc4c1oc1ccccc14)-c1cccc4c5ccc6ccccc6c5n(c14)B32. The molecule has 5 heterocycles. The molecule has 0 amide bonds. The Hall–Kier alpha value is -5.39. The summed E-state index contributed by atoms with van der Waals surface area (Å²) >= 11 is 1.87. The maximum Gasteiger partial charge on any atom is 0.333 e. The summed E-state index contributed by atoms with van der Waals surface area (Å²) in [7, 11) is 0. The molecule has 12 rings (SSSR count). The number of hydrogen-bond acceptors (Lipinski definition) is 3. The number of fused-ring (bicyclic) bond motifs is 15. The number of para-hydroxylation sites is 4. The Morgan fingerprint density at radius 1 is 0.556 bits per heavy atom. The van der Waals surface area contributed by atoms with Crippen LogP contribution in [0.1, 0.15) is 0 Å². The number of furan rings is 1. The predicted molar refractivity (Wildman–Crippen MR) is 189 cm³/mol. The Kier molecular flexibility index (Phi) is 4.00. The van der Waals surface area contributed by atoms with Crippen molar-refractivity contribution >= 4 is 101 Å². The molecule has 0 saturated carbocycles. The lowest BCUT2D eigenvalue weighted by Crippen LogP contribution is -2.57. The molecule has 0 saturated heterocycles. The summed E-state index contributed by atoms with van der Waals surface area (Å²) in [5, 5.41) is 7.50. The van der Waals surface area contributed by atoms with Crippen LogP contribution in [0, 0.1) is 0 Å². The minimum absolute atomic E-state index is 0.00891. The lowest BCUT2D eigenvalue weighted by molar-refractivity contribution is 0.669. The Morgan fingerprint density at radius 3 is 2.31 bits per heavy atom. The van der Waals surface area contributed by atoms with Crippen LogP contribution in [0.15, 0.2) is 142 Å². The molecule has 3 aliphatic rings. The van der Waals surface area contributed by atoms with Gasteiger partial charge in [0.2, 0.25) is 0 Å². The van der Waals surface area contributed by atoms with Gasteiger partial charge in [-0.2, -0.15) is 0 Å². The van der Waals surface area contributed by atoms with E-state index in [2.05, 4.69) is 137 Å². The van der Waals surface area contributed by atoms with Crippen molar-refractivity contribution in [1.82, 2.24) is 4.48 Å². The first-order valence-electron chi connectivity index (χ1n) is 15.5. The molecular formula is C40H21BN2OS. The van der Waals surface area contributed by atoms with Gasteiger partial charge < -0.3 is 13.8 Å². The second-order valence-corrected chi connectivity index (χ2v) is 13.5. The molecule has 0 radical (unpaired) electrons. The molecule has 0 N–H and O–H groups in total. The van der Waals surface area contributed by atoms with Crippen LogP contribution < -0.4 is 15.8 Å². The van der Waals surface area contributed by atoms with E-state index in [0.29, 0.717) is 0 Å². The van der Waals surface area contributed by atoms with Crippen molar-refractivity contribution in [3.63, 3.8) is 0 Å². The van der Waals surface area contributed by atoms with Crippen molar-refractivity contribution in [1.29, 1.82) is 0 Å². The summed E-state index contributed by atoms with van der Waals surface area (Å²) < 4.78 is 9.56. The second kappa shape index (κ2) is 7.81. The average Bonchev–Trinajstić information content (AvgIpc) is 3.64. The number of rotatable bonds is 0. The van der Waals surface area contributed by atoms with E-state index in [9.17, 15) is 0 Å². The van der Waals surface area contributed by atoms with E-state index in [4.69, 9.17) is 4.42 Å². The van der Waals surface area contributed by atoms with Crippen LogP contribution in [0.2, 0.25) is 0 Å². The van der Waals surface area contributed by atoms with Crippen LogP contribution >= 0.6 is 11.8 Å². The highest BCUT2D eigenvalue weighted by molar-refractivity contribution is 7.99. The highest BCUT2D eigenvalue weighted by atomic mass is 32.2. The summed E-state index contributed by atoms with van der Waals surface area (Å²) in [6.07, 6.45) is 0. The van der Waals surface area contributed by atoms with Gasteiger partial charge in [0, 0.05) is 53.3 Å². The third kappa shape index (κ3) is 2.62. The van der Waals surface area contributed by atoms with Crippen molar-refractivity contribution in [2.24, 2.45) is 0 Å². The van der Waals surface area contributed by atoms with E-state index in [0.717, 1.165) is 16.6 Å². The molecular weight excluding hydrogens is 567 g/mol. The van der Waals surface area contributed by atoms with Gasteiger partial charge in [-0.3, -0.25) is 0 Å². The lowest BCUT2D eigenvalue weighted by atomic mass is 9.45. The molecule has 3 nitrogen and oxygen atoms in total. The van der Waals surface area contributed by atoms with Crippen molar-refractivity contribution in [2.75, 3.05) is 4.90 Å². The van der Waals surface area contributed by atoms with Gasteiger partial charge in [-0.25, -0.2) is 0 Å². The van der Waals surface area contributed by atoms with Gasteiger partial charge >= 0.3 is 6.85 Å².